The van der Waals surface area contributed by atoms with Gasteiger partial charge in [0.1, 0.15) is 5.82 Å². The molecule has 3 aliphatic rings. The first-order valence-electron chi connectivity index (χ1n) is 11.5. The molecule has 3 saturated heterocycles. The molecule has 0 aliphatic carbocycles. The van der Waals surface area contributed by atoms with Crippen molar-refractivity contribution in [3.8, 4) is 0 Å². The minimum Gasteiger partial charge on any atom is -0.355 e. The van der Waals surface area contributed by atoms with Crippen LogP contribution in [-0.2, 0) is 11.0 Å². The van der Waals surface area contributed by atoms with E-state index in [9.17, 15) is 22.8 Å². The zero-order valence-electron chi connectivity index (χ0n) is 18.5. The molecule has 7 nitrogen and oxygen atoms in total. The van der Waals surface area contributed by atoms with E-state index in [-0.39, 0.29) is 22.9 Å². The molecule has 3 fully saturated rings. The molecular weight excluding hydrogens is 459 g/mol. The molecule has 0 saturated carbocycles. The topological polar surface area (TPSA) is 60.0 Å². The van der Waals surface area contributed by atoms with Crippen LogP contribution in [0, 0.1) is 5.92 Å². The van der Waals surface area contributed by atoms with Crippen LogP contribution < -0.4 is 4.90 Å². The van der Waals surface area contributed by atoms with Crippen LogP contribution in [0.5, 0.6) is 0 Å². The number of alkyl halides is 3. The number of nitrogens with zero attached hydrogens (tertiary/aromatic N) is 5. The number of carbonyl (C=O) groups is 2. The third-order valence-corrected chi connectivity index (χ3v) is 7.06. The van der Waals surface area contributed by atoms with Gasteiger partial charge in [-0.1, -0.05) is 11.6 Å². The van der Waals surface area contributed by atoms with E-state index < -0.39 is 11.7 Å². The average molecular weight is 488 g/mol. The highest BCUT2D eigenvalue weighted by molar-refractivity contribution is 6.33. The van der Waals surface area contributed by atoms with Gasteiger partial charge in [0.15, 0.2) is 0 Å². The predicted molar refractivity (Wildman–Crippen MR) is 118 cm³/mol. The number of halogens is 4. The molecule has 3 aliphatic heterocycles. The summed E-state index contributed by atoms with van der Waals surface area (Å²) in [6, 6.07) is 0.974. The Morgan fingerprint density at radius 3 is 2.03 bits per heavy atom. The highest BCUT2D eigenvalue weighted by Crippen LogP contribution is 2.35. The Balaban J connectivity index is 1.26. The van der Waals surface area contributed by atoms with E-state index in [1.54, 1.807) is 0 Å². The quantitative estimate of drug-likeness (QED) is 0.638. The van der Waals surface area contributed by atoms with Crippen LogP contribution in [0.1, 0.15) is 37.7 Å². The number of urea groups is 1. The molecule has 0 N–H and O–H groups in total. The number of hydrogen-bond donors (Lipinski definition) is 0. The number of anilines is 1. The van der Waals surface area contributed by atoms with E-state index in [1.165, 1.54) is 6.42 Å². The van der Waals surface area contributed by atoms with E-state index in [0.29, 0.717) is 57.9 Å². The van der Waals surface area contributed by atoms with Crippen molar-refractivity contribution in [2.24, 2.45) is 5.92 Å². The van der Waals surface area contributed by atoms with Crippen LogP contribution >= 0.6 is 11.6 Å². The van der Waals surface area contributed by atoms with Gasteiger partial charge in [0.05, 0.1) is 10.6 Å². The lowest BCUT2D eigenvalue weighted by atomic mass is 9.95. The number of hydrogen-bond acceptors (Lipinski definition) is 4. The molecule has 0 unspecified atom stereocenters. The molecule has 3 amide bonds. The summed E-state index contributed by atoms with van der Waals surface area (Å²) in [5, 5.41) is -0.0379. The predicted octanol–water partition coefficient (Wildman–Crippen LogP) is 3.72. The Hall–Kier alpha value is -2.23. The van der Waals surface area contributed by atoms with Gasteiger partial charge in [0.2, 0.25) is 5.91 Å². The van der Waals surface area contributed by atoms with Crippen molar-refractivity contribution in [2.75, 3.05) is 57.3 Å². The molecule has 0 spiro atoms. The molecule has 4 rings (SSSR count). The Labute approximate surface area is 196 Å². The van der Waals surface area contributed by atoms with Crippen molar-refractivity contribution in [1.29, 1.82) is 0 Å². The Morgan fingerprint density at radius 2 is 1.45 bits per heavy atom. The van der Waals surface area contributed by atoms with Crippen LogP contribution in [-0.4, -0.2) is 84.0 Å². The number of piperazine rings is 1. The summed E-state index contributed by atoms with van der Waals surface area (Å²) in [6.07, 6.45) is 0.758. The van der Waals surface area contributed by atoms with Gasteiger partial charge in [0, 0.05) is 64.5 Å². The van der Waals surface area contributed by atoms with Gasteiger partial charge in [-0.25, -0.2) is 9.78 Å². The second kappa shape index (κ2) is 9.95. The summed E-state index contributed by atoms with van der Waals surface area (Å²) in [5.74, 6) is 0.269. The standard InChI is InChI=1S/C22H29ClF3N5O2/c23-18-14-17(22(24,25)26)15-27-19(18)28-8-4-16(5-9-28)20(32)29-10-12-31(13-11-29)21(33)30-6-2-1-3-7-30/h14-16H,1-13H2. The fourth-order valence-electron chi connectivity index (χ4n) is 4.82. The SMILES string of the molecule is O=C(C1CCN(c2ncc(C(F)(F)F)cc2Cl)CC1)N1CCN(C(=O)N2CCCCC2)CC1. The van der Waals surface area contributed by atoms with Crippen LogP contribution in [0.4, 0.5) is 23.8 Å². The summed E-state index contributed by atoms with van der Waals surface area (Å²) >= 11 is 6.07. The zero-order valence-corrected chi connectivity index (χ0v) is 19.2. The lowest BCUT2D eigenvalue weighted by Crippen LogP contribution is -2.56. The maximum atomic E-state index is 13.0. The van der Waals surface area contributed by atoms with Crippen molar-refractivity contribution in [3.63, 3.8) is 0 Å². The Morgan fingerprint density at radius 1 is 0.879 bits per heavy atom. The minimum absolute atomic E-state index is 0.0379. The number of likely N-dealkylation sites (tertiary alicyclic amines) is 1. The highest BCUT2D eigenvalue weighted by Gasteiger charge is 2.35. The fraction of sp³-hybridized carbons (Fsp3) is 0.682. The van der Waals surface area contributed by atoms with Gasteiger partial charge in [-0.15, -0.1) is 0 Å². The molecule has 1 aromatic rings. The first kappa shape index (κ1) is 23.9. The lowest BCUT2D eigenvalue weighted by Gasteiger charge is -2.40. The van der Waals surface area contributed by atoms with E-state index in [2.05, 4.69) is 4.98 Å². The molecule has 1 aromatic heterocycles. The Kier molecular flexibility index (Phi) is 7.21. The van der Waals surface area contributed by atoms with Crippen molar-refractivity contribution in [2.45, 2.75) is 38.3 Å². The molecule has 0 radical (unpaired) electrons. The van der Waals surface area contributed by atoms with Crippen molar-refractivity contribution in [1.82, 2.24) is 19.7 Å². The average Bonchev–Trinajstić information content (AvgIpc) is 2.83. The van der Waals surface area contributed by atoms with Gasteiger partial charge < -0.3 is 19.6 Å². The zero-order chi connectivity index (χ0) is 23.6. The van der Waals surface area contributed by atoms with Gasteiger partial charge in [0.25, 0.3) is 0 Å². The first-order chi connectivity index (χ1) is 15.7. The van der Waals surface area contributed by atoms with Crippen LogP contribution in [0.15, 0.2) is 12.3 Å². The minimum atomic E-state index is -4.49. The summed E-state index contributed by atoms with van der Waals surface area (Å²) in [7, 11) is 0. The number of carbonyl (C=O) groups excluding carboxylic acids is 2. The van der Waals surface area contributed by atoms with Gasteiger partial charge in [-0.3, -0.25) is 4.79 Å². The number of amides is 3. The number of aromatic nitrogens is 1. The molecule has 11 heteroatoms. The molecular formula is C22H29ClF3N5O2. The largest absolute Gasteiger partial charge is 0.417 e. The number of pyridine rings is 1. The molecule has 182 valence electrons. The maximum absolute atomic E-state index is 13.0. The van der Waals surface area contributed by atoms with Crippen LogP contribution in [0.25, 0.3) is 0 Å². The lowest BCUT2D eigenvalue weighted by molar-refractivity contribution is -0.138. The van der Waals surface area contributed by atoms with Gasteiger partial charge in [-0.05, 0) is 38.2 Å². The Bertz CT molecular complexity index is 862. The van der Waals surface area contributed by atoms with E-state index >= 15 is 0 Å². The molecule has 0 atom stereocenters. The second-order valence-electron chi connectivity index (χ2n) is 8.93. The molecule has 33 heavy (non-hydrogen) atoms. The summed E-state index contributed by atoms with van der Waals surface area (Å²) in [4.78, 5) is 37.1. The smallest absolute Gasteiger partial charge is 0.355 e. The van der Waals surface area contributed by atoms with Crippen LogP contribution in [0.3, 0.4) is 0 Å². The van der Waals surface area contributed by atoms with Crippen molar-refractivity contribution >= 4 is 29.4 Å². The van der Waals surface area contributed by atoms with E-state index in [1.807, 2.05) is 19.6 Å². The monoisotopic (exact) mass is 487 g/mol. The maximum Gasteiger partial charge on any atom is 0.417 e. The molecule has 4 heterocycles. The third-order valence-electron chi connectivity index (χ3n) is 6.78. The van der Waals surface area contributed by atoms with Gasteiger partial charge >= 0.3 is 12.2 Å². The van der Waals surface area contributed by atoms with E-state index in [0.717, 1.165) is 38.2 Å². The second-order valence-corrected chi connectivity index (χ2v) is 9.34. The van der Waals surface area contributed by atoms with Crippen molar-refractivity contribution in [3.05, 3.63) is 22.8 Å². The highest BCUT2D eigenvalue weighted by atomic mass is 35.5. The van der Waals surface area contributed by atoms with Crippen molar-refractivity contribution < 1.29 is 22.8 Å². The van der Waals surface area contributed by atoms with Crippen LogP contribution in [0.2, 0.25) is 5.02 Å². The number of rotatable bonds is 2. The normalized spacial score (nSPS) is 20.8. The first-order valence-corrected chi connectivity index (χ1v) is 11.9. The molecule has 0 bridgehead atoms. The third kappa shape index (κ3) is 5.47. The summed E-state index contributed by atoms with van der Waals surface area (Å²) < 4.78 is 38.5. The fourth-order valence-corrected chi connectivity index (χ4v) is 5.10. The summed E-state index contributed by atoms with van der Waals surface area (Å²) in [5.41, 5.74) is -0.876. The van der Waals surface area contributed by atoms with E-state index in [4.69, 9.17) is 11.6 Å². The number of piperidine rings is 2. The molecule has 0 aromatic carbocycles. The van der Waals surface area contributed by atoms with Gasteiger partial charge in [-0.2, -0.15) is 13.2 Å². The summed E-state index contributed by atoms with van der Waals surface area (Å²) in [6.45, 7) is 4.79.